The van der Waals surface area contributed by atoms with Gasteiger partial charge in [0.15, 0.2) is 0 Å². The van der Waals surface area contributed by atoms with Gasteiger partial charge in [0.05, 0.1) is 12.1 Å². The molecule has 28 heavy (non-hydrogen) atoms. The molecule has 2 aromatic carbocycles. The van der Waals surface area contributed by atoms with Crippen molar-refractivity contribution in [1.29, 1.82) is 0 Å². The Hall–Kier alpha value is -2.58. The van der Waals surface area contributed by atoms with E-state index >= 15 is 0 Å². The van der Waals surface area contributed by atoms with E-state index in [4.69, 9.17) is 0 Å². The SMILES string of the molecule is C=C.C=C(NC1c2ccccc2CC1O)C(=C)c1cccc(C)c1C.CCC. The molecule has 0 amide bonds. The standard InChI is InChI=1S/C21H23NO.C3H8.C2H4/c1-13-8-7-11-18(14(13)2)15(3)16(4)22-21-19-10-6-5-9-17(19)12-20(21)23;1-3-2;1-2/h5-11,20-23H,3-4,12H2,1-2H3;3H2,1-2H3;1-2H2. The van der Waals surface area contributed by atoms with Crippen LogP contribution >= 0.6 is 0 Å². The zero-order chi connectivity index (χ0) is 21.3. The van der Waals surface area contributed by atoms with Crippen molar-refractivity contribution in [3.05, 3.63) is 102 Å². The van der Waals surface area contributed by atoms with Crippen LogP contribution in [0.1, 0.15) is 54.1 Å². The lowest BCUT2D eigenvalue weighted by Crippen LogP contribution is -2.28. The van der Waals surface area contributed by atoms with E-state index in [2.05, 4.69) is 83.6 Å². The van der Waals surface area contributed by atoms with Crippen LogP contribution < -0.4 is 5.32 Å². The third kappa shape index (κ3) is 5.46. The van der Waals surface area contributed by atoms with Crippen molar-refractivity contribution < 1.29 is 5.11 Å². The molecule has 2 N–H and O–H groups in total. The second-order valence-corrected chi connectivity index (χ2v) is 7.00. The van der Waals surface area contributed by atoms with Gasteiger partial charge >= 0.3 is 0 Å². The molecule has 0 spiro atoms. The first-order chi connectivity index (χ1) is 13.4. The molecule has 3 rings (SSSR count). The molecule has 2 heteroatoms. The van der Waals surface area contributed by atoms with Gasteiger partial charge in [-0.1, -0.05) is 75.9 Å². The molecule has 0 fully saturated rings. The van der Waals surface area contributed by atoms with E-state index in [1.807, 2.05) is 18.2 Å². The second-order valence-electron chi connectivity index (χ2n) is 7.00. The molecule has 2 unspecified atom stereocenters. The summed E-state index contributed by atoms with van der Waals surface area (Å²) in [6.45, 7) is 22.8. The number of nitrogens with one attached hydrogen (secondary N) is 1. The minimum atomic E-state index is -0.435. The molecule has 2 nitrogen and oxygen atoms in total. The molecule has 0 saturated heterocycles. The monoisotopic (exact) mass is 377 g/mol. The molecule has 2 atom stereocenters. The summed E-state index contributed by atoms with van der Waals surface area (Å²) < 4.78 is 0. The maximum absolute atomic E-state index is 10.4. The normalized spacial score (nSPS) is 16.6. The fourth-order valence-corrected chi connectivity index (χ4v) is 3.26. The van der Waals surface area contributed by atoms with Crippen LogP contribution in [-0.4, -0.2) is 11.2 Å². The van der Waals surface area contributed by atoms with Crippen molar-refractivity contribution in [3.63, 3.8) is 0 Å². The molecule has 0 bridgehead atoms. The number of hydrogen-bond donors (Lipinski definition) is 2. The van der Waals surface area contributed by atoms with Crippen molar-refractivity contribution in [2.24, 2.45) is 0 Å². The zero-order valence-corrected chi connectivity index (χ0v) is 17.9. The zero-order valence-electron chi connectivity index (χ0n) is 17.9. The van der Waals surface area contributed by atoms with Crippen LogP contribution in [0.4, 0.5) is 0 Å². The fraction of sp³-hybridized carbons (Fsp3) is 0.308. The Balaban J connectivity index is 0.000000717. The molecule has 0 saturated carbocycles. The average Bonchev–Trinajstić information content (AvgIpc) is 3.01. The van der Waals surface area contributed by atoms with Crippen LogP contribution in [0.3, 0.4) is 0 Å². The Morgan fingerprint density at radius 3 is 2.29 bits per heavy atom. The number of aliphatic hydroxyl groups is 1. The van der Waals surface area contributed by atoms with Crippen LogP contribution in [0.25, 0.3) is 5.57 Å². The quantitative estimate of drug-likeness (QED) is 0.484. The first kappa shape index (κ1) is 23.5. The van der Waals surface area contributed by atoms with Crippen LogP contribution in [0, 0.1) is 13.8 Å². The predicted octanol–water partition coefficient (Wildman–Crippen LogP) is 6.30. The summed E-state index contributed by atoms with van der Waals surface area (Å²) in [6.07, 6.45) is 1.49. The van der Waals surface area contributed by atoms with E-state index in [1.165, 1.54) is 23.1 Å². The topological polar surface area (TPSA) is 32.3 Å². The number of benzene rings is 2. The number of hydrogen-bond acceptors (Lipinski definition) is 2. The summed E-state index contributed by atoms with van der Waals surface area (Å²) in [7, 11) is 0. The Bertz CT molecular complexity index is 806. The lowest BCUT2D eigenvalue weighted by atomic mass is 9.96. The van der Waals surface area contributed by atoms with E-state index < -0.39 is 6.10 Å². The molecular weight excluding hydrogens is 342 g/mol. The molecule has 0 aliphatic heterocycles. The van der Waals surface area contributed by atoms with Crippen molar-refractivity contribution in [2.45, 2.75) is 52.7 Å². The van der Waals surface area contributed by atoms with Crippen molar-refractivity contribution in [3.8, 4) is 0 Å². The van der Waals surface area contributed by atoms with Crippen molar-refractivity contribution in [2.75, 3.05) is 0 Å². The Labute approximate surface area is 171 Å². The Morgan fingerprint density at radius 2 is 1.64 bits per heavy atom. The van der Waals surface area contributed by atoms with Crippen LogP contribution in [0.2, 0.25) is 0 Å². The third-order valence-electron chi connectivity index (χ3n) is 4.83. The highest BCUT2D eigenvalue weighted by Gasteiger charge is 2.31. The van der Waals surface area contributed by atoms with Crippen molar-refractivity contribution in [1.82, 2.24) is 5.32 Å². The molecule has 1 aliphatic carbocycles. The van der Waals surface area contributed by atoms with Gasteiger partial charge in [-0.25, -0.2) is 0 Å². The van der Waals surface area contributed by atoms with Gasteiger partial charge in [-0.2, -0.15) is 0 Å². The lowest BCUT2D eigenvalue weighted by Gasteiger charge is -2.23. The van der Waals surface area contributed by atoms with Crippen LogP contribution in [0.15, 0.2) is 74.5 Å². The van der Waals surface area contributed by atoms with Gasteiger partial charge in [0.25, 0.3) is 0 Å². The minimum absolute atomic E-state index is 0.124. The molecule has 2 aromatic rings. The number of allylic oxidation sites excluding steroid dienone is 1. The molecule has 1 aliphatic rings. The van der Waals surface area contributed by atoms with Gasteiger partial charge in [-0.05, 0) is 47.2 Å². The summed E-state index contributed by atoms with van der Waals surface area (Å²) in [5.74, 6) is 0. The maximum atomic E-state index is 10.4. The van der Waals surface area contributed by atoms with Crippen LogP contribution in [0.5, 0.6) is 0 Å². The largest absolute Gasteiger partial charge is 0.390 e. The summed E-state index contributed by atoms with van der Waals surface area (Å²) in [5.41, 5.74) is 7.54. The number of aliphatic hydroxyl groups excluding tert-OH is 1. The second kappa shape index (κ2) is 11.3. The highest BCUT2D eigenvalue weighted by molar-refractivity contribution is 5.78. The molecule has 150 valence electrons. The first-order valence-electron chi connectivity index (χ1n) is 9.87. The lowest BCUT2D eigenvalue weighted by molar-refractivity contribution is 0.147. The summed E-state index contributed by atoms with van der Waals surface area (Å²) >= 11 is 0. The minimum Gasteiger partial charge on any atom is -0.390 e. The first-order valence-corrected chi connectivity index (χ1v) is 9.87. The smallest absolute Gasteiger partial charge is 0.0823 e. The van der Waals surface area contributed by atoms with Gasteiger partial charge in [0.2, 0.25) is 0 Å². The van der Waals surface area contributed by atoms with E-state index in [0.29, 0.717) is 6.42 Å². The van der Waals surface area contributed by atoms with E-state index in [0.717, 1.165) is 22.4 Å². The van der Waals surface area contributed by atoms with Gasteiger partial charge < -0.3 is 10.4 Å². The van der Waals surface area contributed by atoms with Crippen LogP contribution in [-0.2, 0) is 6.42 Å². The predicted molar refractivity (Wildman–Crippen MR) is 123 cm³/mol. The maximum Gasteiger partial charge on any atom is 0.0823 e. The number of fused-ring (bicyclic) bond motifs is 1. The van der Waals surface area contributed by atoms with Gasteiger partial charge in [0.1, 0.15) is 0 Å². The fourth-order valence-electron chi connectivity index (χ4n) is 3.26. The Morgan fingerprint density at radius 1 is 1.04 bits per heavy atom. The van der Waals surface area contributed by atoms with Crippen molar-refractivity contribution >= 4 is 5.57 Å². The Kier molecular flexibility index (Phi) is 9.47. The number of aryl methyl sites for hydroxylation is 1. The average molecular weight is 378 g/mol. The number of rotatable bonds is 4. The highest BCUT2D eigenvalue weighted by atomic mass is 16.3. The van der Waals surface area contributed by atoms with Gasteiger partial charge in [-0.15, -0.1) is 13.2 Å². The van der Waals surface area contributed by atoms with E-state index in [9.17, 15) is 5.11 Å². The third-order valence-corrected chi connectivity index (χ3v) is 4.83. The van der Waals surface area contributed by atoms with E-state index in [-0.39, 0.29) is 6.04 Å². The van der Waals surface area contributed by atoms with Gasteiger partial charge in [0, 0.05) is 12.1 Å². The molecule has 0 radical (unpaired) electrons. The molecule has 0 aromatic heterocycles. The summed E-state index contributed by atoms with van der Waals surface area (Å²) in [5, 5.41) is 13.8. The summed E-state index contributed by atoms with van der Waals surface area (Å²) in [4.78, 5) is 0. The van der Waals surface area contributed by atoms with Gasteiger partial charge in [-0.3, -0.25) is 0 Å². The molecule has 0 heterocycles. The highest BCUT2D eigenvalue weighted by Crippen LogP contribution is 2.33. The summed E-state index contributed by atoms with van der Waals surface area (Å²) in [6, 6.07) is 14.2. The molecular formula is C26H35NO. The van der Waals surface area contributed by atoms with E-state index in [1.54, 1.807) is 0 Å².